The van der Waals surface area contributed by atoms with Crippen molar-refractivity contribution in [2.45, 2.75) is 24.3 Å². The predicted molar refractivity (Wildman–Crippen MR) is 82.8 cm³/mol. The third-order valence-electron chi connectivity index (χ3n) is 3.58. The van der Waals surface area contributed by atoms with Gasteiger partial charge >= 0.3 is 0 Å². The van der Waals surface area contributed by atoms with Gasteiger partial charge in [-0.1, -0.05) is 19.1 Å². The molecule has 0 fully saturated rings. The van der Waals surface area contributed by atoms with E-state index >= 15 is 0 Å². The molecule has 1 aromatic carbocycles. The fourth-order valence-corrected chi connectivity index (χ4v) is 4.00. The number of hydrogen-bond donors (Lipinski definition) is 1. The zero-order chi connectivity index (χ0) is 16.4. The molecule has 6 nitrogen and oxygen atoms in total. The largest absolute Gasteiger partial charge is 0.486 e. The highest BCUT2D eigenvalue weighted by molar-refractivity contribution is 7.91. The number of hydrogen-bond acceptors (Lipinski definition) is 6. The first kappa shape index (κ1) is 15.7. The Morgan fingerprint density at radius 2 is 2.13 bits per heavy atom. The fraction of sp³-hybridized carbons (Fsp3) is 0.333. The summed E-state index contributed by atoms with van der Waals surface area (Å²) in [5, 5.41) is 2.81. The number of benzene rings is 1. The minimum atomic E-state index is -3.41. The summed E-state index contributed by atoms with van der Waals surface area (Å²) in [7, 11) is -3.41. The van der Waals surface area contributed by atoms with Crippen molar-refractivity contribution in [3.63, 3.8) is 0 Å². The van der Waals surface area contributed by atoms with E-state index in [-0.39, 0.29) is 23.0 Å². The van der Waals surface area contributed by atoms with Gasteiger partial charge < -0.3 is 10.1 Å². The van der Waals surface area contributed by atoms with Crippen LogP contribution in [0.4, 0.5) is 10.2 Å². The molecule has 1 aromatic heterocycles. The van der Waals surface area contributed by atoms with Gasteiger partial charge in [0.25, 0.3) is 0 Å². The normalized spacial score (nSPS) is 18.8. The quantitative estimate of drug-likeness (QED) is 0.917. The van der Waals surface area contributed by atoms with E-state index in [0.717, 1.165) is 0 Å². The Bertz CT molecular complexity index is 826. The lowest BCUT2D eigenvalue weighted by Crippen LogP contribution is -2.37. The van der Waals surface area contributed by atoms with Gasteiger partial charge in [-0.25, -0.2) is 22.8 Å². The third-order valence-corrected chi connectivity index (χ3v) is 5.39. The summed E-state index contributed by atoms with van der Waals surface area (Å²) >= 11 is 0. The molecule has 8 heteroatoms. The summed E-state index contributed by atoms with van der Waals surface area (Å²) in [6, 6.07) is 6.49. The Morgan fingerprint density at radius 1 is 1.35 bits per heavy atom. The number of nitrogens with one attached hydrogen (secondary N) is 1. The lowest BCUT2D eigenvalue weighted by atomic mass is 10.3. The Hall–Kier alpha value is -2.22. The van der Waals surface area contributed by atoms with E-state index in [0.29, 0.717) is 17.9 Å². The van der Waals surface area contributed by atoms with Gasteiger partial charge in [-0.3, -0.25) is 0 Å². The van der Waals surface area contributed by atoms with Crippen molar-refractivity contribution in [3.8, 4) is 5.75 Å². The molecular weight excluding hydrogens is 321 g/mol. The van der Waals surface area contributed by atoms with E-state index in [1.54, 1.807) is 25.1 Å². The molecule has 1 unspecified atom stereocenters. The third kappa shape index (κ3) is 3.12. The number of halogens is 1. The molecule has 0 bridgehead atoms. The van der Waals surface area contributed by atoms with Gasteiger partial charge in [-0.15, -0.1) is 0 Å². The Balaban J connectivity index is 1.76. The zero-order valence-electron chi connectivity index (χ0n) is 12.5. The Kier molecular flexibility index (Phi) is 4.16. The monoisotopic (exact) mass is 337 g/mol. The summed E-state index contributed by atoms with van der Waals surface area (Å²) in [6.45, 7) is 1.92. The number of aryl methyl sites for hydroxylation is 1. The van der Waals surface area contributed by atoms with Crippen LogP contribution in [0.5, 0.6) is 5.75 Å². The van der Waals surface area contributed by atoms with Crippen molar-refractivity contribution in [1.29, 1.82) is 0 Å². The summed E-state index contributed by atoms with van der Waals surface area (Å²) in [5.41, 5.74) is 0.310. The van der Waals surface area contributed by atoms with Gasteiger partial charge in [0.2, 0.25) is 0 Å². The van der Waals surface area contributed by atoms with Crippen LogP contribution in [0.2, 0.25) is 0 Å². The molecule has 2 aromatic rings. The number of ether oxygens (including phenoxy) is 1. The number of para-hydroxylation sites is 1. The minimum absolute atomic E-state index is 0.0525. The molecule has 1 aliphatic heterocycles. The molecule has 2 heterocycles. The standard InChI is InChI=1S/C15H16FN3O3S/c1-2-11-14(16)15(19-9-18-11)17-7-10-8-23(20,21)13-6-4-3-5-12(13)22-10/h3-6,9-10H,2,7-8H2,1H3,(H,17,18,19). The number of aromatic nitrogens is 2. The molecule has 1 atom stereocenters. The van der Waals surface area contributed by atoms with Crippen LogP contribution in [0.1, 0.15) is 12.6 Å². The first-order valence-corrected chi connectivity index (χ1v) is 8.88. The number of anilines is 1. The minimum Gasteiger partial charge on any atom is -0.486 e. The number of nitrogens with zero attached hydrogens (tertiary/aromatic N) is 2. The van der Waals surface area contributed by atoms with E-state index in [1.807, 2.05) is 0 Å². The van der Waals surface area contributed by atoms with Crippen LogP contribution in [-0.4, -0.2) is 36.8 Å². The van der Waals surface area contributed by atoms with Gasteiger partial charge in [-0.05, 0) is 18.6 Å². The second-order valence-electron chi connectivity index (χ2n) is 5.19. The molecule has 1 N–H and O–H groups in total. The first-order chi connectivity index (χ1) is 11.0. The maximum Gasteiger partial charge on any atom is 0.186 e. The number of rotatable bonds is 4. The molecule has 122 valence electrons. The molecule has 0 spiro atoms. The average Bonchev–Trinajstić information content (AvgIpc) is 2.53. The van der Waals surface area contributed by atoms with E-state index in [1.165, 1.54) is 12.4 Å². The molecule has 3 rings (SSSR count). The Morgan fingerprint density at radius 3 is 2.91 bits per heavy atom. The molecule has 0 saturated heterocycles. The molecule has 23 heavy (non-hydrogen) atoms. The van der Waals surface area contributed by atoms with E-state index in [2.05, 4.69) is 15.3 Å². The van der Waals surface area contributed by atoms with Crippen LogP contribution in [0.15, 0.2) is 35.5 Å². The average molecular weight is 337 g/mol. The number of sulfone groups is 1. The predicted octanol–water partition coefficient (Wildman–Crippen LogP) is 1.82. The molecule has 0 aliphatic carbocycles. The van der Waals surface area contributed by atoms with Gasteiger partial charge in [0.15, 0.2) is 21.5 Å². The smallest absolute Gasteiger partial charge is 0.186 e. The topological polar surface area (TPSA) is 81.2 Å². The van der Waals surface area contributed by atoms with Crippen molar-refractivity contribution in [2.75, 3.05) is 17.6 Å². The molecular formula is C15H16FN3O3S. The highest BCUT2D eigenvalue weighted by Crippen LogP contribution is 2.30. The van der Waals surface area contributed by atoms with E-state index < -0.39 is 21.8 Å². The highest BCUT2D eigenvalue weighted by Gasteiger charge is 2.31. The molecule has 0 radical (unpaired) electrons. The van der Waals surface area contributed by atoms with Crippen LogP contribution < -0.4 is 10.1 Å². The summed E-state index contributed by atoms with van der Waals surface area (Å²) in [4.78, 5) is 7.89. The second-order valence-corrected chi connectivity index (χ2v) is 7.19. The van der Waals surface area contributed by atoms with Gasteiger partial charge in [-0.2, -0.15) is 0 Å². The highest BCUT2D eigenvalue weighted by atomic mass is 32.2. The molecule has 1 aliphatic rings. The van der Waals surface area contributed by atoms with Gasteiger partial charge in [0.1, 0.15) is 23.1 Å². The van der Waals surface area contributed by atoms with Crippen molar-refractivity contribution < 1.29 is 17.5 Å². The van der Waals surface area contributed by atoms with Crippen molar-refractivity contribution in [3.05, 3.63) is 42.1 Å². The molecule has 0 saturated carbocycles. The molecule has 0 amide bonds. The van der Waals surface area contributed by atoms with E-state index in [9.17, 15) is 12.8 Å². The van der Waals surface area contributed by atoms with Crippen molar-refractivity contribution in [2.24, 2.45) is 0 Å². The summed E-state index contributed by atoms with van der Waals surface area (Å²) in [5.74, 6) is -0.307. The van der Waals surface area contributed by atoms with Crippen LogP contribution in [-0.2, 0) is 16.3 Å². The second kappa shape index (κ2) is 6.11. The maximum atomic E-state index is 14.1. The Labute approximate surface area is 133 Å². The van der Waals surface area contributed by atoms with Gasteiger partial charge in [0.05, 0.1) is 18.0 Å². The first-order valence-electron chi connectivity index (χ1n) is 7.23. The van der Waals surface area contributed by atoms with Crippen LogP contribution >= 0.6 is 0 Å². The van der Waals surface area contributed by atoms with Crippen LogP contribution in [0.3, 0.4) is 0 Å². The lowest BCUT2D eigenvalue weighted by molar-refractivity contribution is 0.222. The van der Waals surface area contributed by atoms with Gasteiger partial charge in [0, 0.05) is 0 Å². The fourth-order valence-electron chi connectivity index (χ4n) is 2.44. The summed E-state index contributed by atoms with van der Waals surface area (Å²) < 4.78 is 44.3. The number of fused-ring (bicyclic) bond motifs is 1. The van der Waals surface area contributed by atoms with Crippen molar-refractivity contribution >= 4 is 15.7 Å². The maximum absolute atomic E-state index is 14.1. The van der Waals surface area contributed by atoms with E-state index in [4.69, 9.17) is 4.74 Å². The van der Waals surface area contributed by atoms with Crippen LogP contribution in [0.25, 0.3) is 0 Å². The SMILES string of the molecule is CCc1ncnc(NCC2CS(=O)(=O)c3ccccc3O2)c1F. The zero-order valence-corrected chi connectivity index (χ0v) is 13.3. The summed E-state index contributed by atoms with van der Waals surface area (Å²) in [6.07, 6.45) is 1.11. The van der Waals surface area contributed by atoms with Crippen molar-refractivity contribution in [1.82, 2.24) is 9.97 Å². The van der Waals surface area contributed by atoms with Crippen LogP contribution in [0, 0.1) is 5.82 Å². The lowest BCUT2D eigenvalue weighted by Gasteiger charge is -2.26.